The van der Waals surface area contributed by atoms with Crippen LogP contribution in [0.4, 0.5) is 9.52 Å². The van der Waals surface area contributed by atoms with Gasteiger partial charge in [0.1, 0.15) is 29.1 Å². The topological polar surface area (TPSA) is 97.1 Å². The zero-order chi connectivity index (χ0) is 23.1. The number of anilines is 1. The standard InChI is InChI=1S/C22H18ClFN4O3S/c1-3-20-27-28-22(32-20)26-21(29)14(11-25)9-13-7-8-18(19(10-13)30-2)31-12-15-16(23)5-4-6-17(15)24/h4-10H,3,12H2,1-2H3,(H,26,28,29)/b14-9+. The molecule has 164 valence electrons. The zero-order valence-corrected chi connectivity index (χ0v) is 18.8. The summed E-state index contributed by atoms with van der Waals surface area (Å²) in [7, 11) is 1.45. The number of nitriles is 1. The van der Waals surface area contributed by atoms with Crippen molar-refractivity contribution in [2.75, 3.05) is 12.4 Å². The first-order valence-corrected chi connectivity index (χ1v) is 10.6. The van der Waals surface area contributed by atoms with Gasteiger partial charge in [0.05, 0.1) is 12.1 Å². The number of methoxy groups -OCH3 is 1. The second-order valence-electron chi connectivity index (χ2n) is 6.38. The fourth-order valence-corrected chi connectivity index (χ4v) is 3.53. The van der Waals surface area contributed by atoms with Gasteiger partial charge in [-0.05, 0) is 42.3 Å². The first-order valence-electron chi connectivity index (χ1n) is 9.44. The van der Waals surface area contributed by atoms with Crippen molar-refractivity contribution < 1.29 is 18.7 Å². The summed E-state index contributed by atoms with van der Waals surface area (Å²) in [5.74, 6) is -0.365. The molecule has 0 saturated carbocycles. The molecule has 3 aromatic rings. The van der Waals surface area contributed by atoms with Gasteiger partial charge in [-0.1, -0.05) is 42.0 Å². The maximum atomic E-state index is 14.0. The van der Waals surface area contributed by atoms with Crippen LogP contribution in [0, 0.1) is 17.1 Å². The molecule has 0 aliphatic carbocycles. The van der Waals surface area contributed by atoms with Gasteiger partial charge in [-0.2, -0.15) is 5.26 Å². The lowest BCUT2D eigenvalue weighted by Crippen LogP contribution is -2.13. The highest BCUT2D eigenvalue weighted by atomic mass is 35.5. The number of aryl methyl sites for hydroxylation is 1. The molecule has 1 heterocycles. The van der Waals surface area contributed by atoms with Crippen molar-refractivity contribution in [1.29, 1.82) is 5.26 Å². The molecule has 1 aromatic heterocycles. The number of nitrogens with one attached hydrogen (secondary N) is 1. The summed E-state index contributed by atoms with van der Waals surface area (Å²) < 4.78 is 25.0. The number of hydrogen-bond acceptors (Lipinski definition) is 7. The van der Waals surface area contributed by atoms with E-state index in [-0.39, 0.29) is 22.8 Å². The Morgan fingerprint density at radius 3 is 2.78 bits per heavy atom. The van der Waals surface area contributed by atoms with Crippen molar-refractivity contribution in [2.24, 2.45) is 0 Å². The van der Waals surface area contributed by atoms with Gasteiger partial charge >= 0.3 is 0 Å². The molecular formula is C22H18ClFN4O3S. The monoisotopic (exact) mass is 472 g/mol. The third-order valence-electron chi connectivity index (χ3n) is 4.29. The van der Waals surface area contributed by atoms with Crippen molar-refractivity contribution in [1.82, 2.24) is 10.2 Å². The number of ether oxygens (including phenoxy) is 2. The van der Waals surface area contributed by atoms with Gasteiger partial charge in [0.2, 0.25) is 5.13 Å². The summed E-state index contributed by atoms with van der Waals surface area (Å²) >= 11 is 7.28. The van der Waals surface area contributed by atoms with Crippen LogP contribution in [0.15, 0.2) is 42.0 Å². The highest BCUT2D eigenvalue weighted by molar-refractivity contribution is 7.15. The smallest absolute Gasteiger partial charge is 0.268 e. The van der Waals surface area contributed by atoms with Crippen LogP contribution in [-0.2, 0) is 17.8 Å². The summed E-state index contributed by atoms with van der Waals surface area (Å²) in [5, 5.41) is 21.1. The molecule has 0 aliphatic heterocycles. The van der Waals surface area contributed by atoms with Crippen molar-refractivity contribution in [3.63, 3.8) is 0 Å². The number of nitrogens with zero attached hydrogens (tertiary/aromatic N) is 3. The normalized spacial score (nSPS) is 11.0. The third-order valence-corrected chi connectivity index (χ3v) is 5.62. The average Bonchev–Trinajstić information content (AvgIpc) is 3.25. The molecule has 32 heavy (non-hydrogen) atoms. The van der Waals surface area contributed by atoms with Crippen LogP contribution in [0.5, 0.6) is 11.5 Å². The predicted octanol–water partition coefficient (Wildman–Crippen LogP) is 5.03. The lowest BCUT2D eigenvalue weighted by atomic mass is 10.1. The third kappa shape index (κ3) is 5.60. The summed E-state index contributed by atoms with van der Waals surface area (Å²) in [6.45, 7) is 1.84. The molecule has 2 aromatic carbocycles. The molecule has 7 nitrogen and oxygen atoms in total. The van der Waals surface area contributed by atoms with Gasteiger partial charge in [0, 0.05) is 5.56 Å². The summed E-state index contributed by atoms with van der Waals surface area (Å²) in [5.41, 5.74) is 0.648. The number of halogens is 2. The van der Waals surface area contributed by atoms with Crippen LogP contribution >= 0.6 is 22.9 Å². The van der Waals surface area contributed by atoms with E-state index in [1.54, 1.807) is 24.3 Å². The molecule has 0 bridgehead atoms. The van der Waals surface area contributed by atoms with E-state index in [1.807, 2.05) is 13.0 Å². The Balaban J connectivity index is 1.76. The lowest BCUT2D eigenvalue weighted by molar-refractivity contribution is -0.112. The Bertz CT molecular complexity index is 1190. The molecule has 0 unspecified atom stereocenters. The van der Waals surface area contributed by atoms with Crippen molar-refractivity contribution in [3.8, 4) is 17.6 Å². The molecule has 0 radical (unpaired) electrons. The first-order chi connectivity index (χ1) is 15.4. The molecule has 1 N–H and O–H groups in total. The number of carbonyl (C=O) groups excluding carboxylic acids is 1. The summed E-state index contributed by atoms with van der Waals surface area (Å²) in [6.07, 6.45) is 2.11. The van der Waals surface area contributed by atoms with Gasteiger partial charge in [0.15, 0.2) is 11.5 Å². The Hall–Kier alpha value is -3.48. The van der Waals surface area contributed by atoms with E-state index in [9.17, 15) is 14.4 Å². The number of amides is 1. The molecule has 0 saturated heterocycles. The molecule has 0 spiro atoms. The van der Waals surface area contributed by atoms with Gasteiger partial charge in [0.25, 0.3) is 5.91 Å². The number of benzene rings is 2. The maximum Gasteiger partial charge on any atom is 0.268 e. The molecule has 1 amide bonds. The number of aromatic nitrogens is 2. The Kier molecular flexibility index (Phi) is 7.76. The Morgan fingerprint density at radius 2 is 2.12 bits per heavy atom. The summed E-state index contributed by atoms with van der Waals surface area (Å²) in [6, 6.07) is 11.1. The van der Waals surface area contributed by atoms with E-state index in [2.05, 4.69) is 15.5 Å². The zero-order valence-electron chi connectivity index (χ0n) is 17.2. The lowest BCUT2D eigenvalue weighted by Gasteiger charge is -2.12. The second kappa shape index (κ2) is 10.7. The van der Waals surface area contributed by atoms with Crippen molar-refractivity contribution in [2.45, 2.75) is 20.0 Å². The van der Waals surface area contributed by atoms with Gasteiger partial charge < -0.3 is 9.47 Å². The van der Waals surface area contributed by atoms with Crippen molar-refractivity contribution in [3.05, 3.63) is 68.9 Å². The van der Waals surface area contributed by atoms with E-state index in [0.29, 0.717) is 28.6 Å². The predicted molar refractivity (Wildman–Crippen MR) is 120 cm³/mol. The molecule has 0 aliphatic rings. The fraction of sp³-hybridized carbons (Fsp3) is 0.182. The molecule has 0 atom stereocenters. The van der Waals surface area contributed by atoms with E-state index in [0.717, 1.165) is 5.01 Å². The van der Waals surface area contributed by atoms with Crippen molar-refractivity contribution >= 4 is 40.1 Å². The first kappa shape index (κ1) is 23.2. The Morgan fingerprint density at radius 1 is 1.31 bits per heavy atom. The molecule has 3 rings (SSSR count). The highest BCUT2D eigenvalue weighted by Crippen LogP contribution is 2.31. The minimum atomic E-state index is -0.597. The van der Waals surface area contributed by atoms with Gasteiger partial charge in [-0.15, -0.1) is 10.2 Å². The molecule has 10 heteroatoms. The van der Waals surface area contributed by atoms with E-state index in [4.69, 9.17) is 21.1 Å². The summed E-state index contributed by atoms with van der Waals surface area (Å²) in [4.78, 5) is 12.4. The highest BCUT2D eigenvalue weighted by Gasteiger charge is 2.14. The quantitative estimate of drug-likeness (QED) is 0.365. The van der Waals surface area contributed by atoms with E-state index in [1.165, 1.54) is 36.7 Å². The Labute approximate surface area is 193 Å². The molecular weight excluding hydrogens is 455 g/mol. The van der Waals surface area contributed by atoms with E-state index < -0.39 is 11.7 Å². The van der Waals surface area contributed by atoms with Crippen LogP contribution in [0.2, 0.25) is 5.02 Å². The minimum absolute atomic E-state index is 0.0928. The number of hydrogen-bond donors (Lipinski definition) is 1. The van der Waals surface area contributed by atoms with Crippen LogP contribution < -0.4 is 14.8 Å². The molecule has 0 fully saturated rings. The van der Waals surface area contributed by atoms with Gasteiger partial charge in [-0.3, -0.25) is 10.1 Å². The van der Waals surface area contributed by atoms with E-state index >= 15 is 0 Å². The maximum absolute atomic E-state index is 14.0. The van der Waals surface area contributed by atoms with Crippen LogP contribution in [-0.4, -0.2) is 23.2 Å². The van der Waals surface area contributed by atoms with Crippen LogP contribution in [0.1, 0.15) is 23.1 Å². The van der Waals surface area contributed by atoms with Crippen LogP contribution in [0.25, 0.3) is 6.08 Å². The second-order valence-corrected chi connectivity index (χ2v) is 7.85. The fourth-order valence-electron chi connectivity index (χ4n) is 2.64. The minimum Gasteiger partial charge on any atom is -0.493 e. The number of rotatable bonds is 8. The average molecular weight is 473 g/mol. The van der Waals surface area contributed by atoms with Gasteiger partial charge in [-0.25, -0.2) is 4.39 Å². The largest absolute Gasteiger partial charge is 0.493 e. The van der Waals surface area contributed by atoms with Crippen LogP contribution in [0.3, 0.4) is 0 Å². The SMILES string of the molecule is CCc1nnc(NC(=O)/C(C#N)=C/c2ccc(OCc3c(F)cccc3Cl)c(OC)c2)s1. The number of carbonyl (C=O) groups is 1.